The number of likely N-dealkylation sites (N-methyl/N-ethyl adjacent to an activating group) is 1. The minimum absolute atomic E-state index is 0.0374. The highest BCUT2D eigenvalue weighted by atomic mass is 31.2. The van der Waals surface area contributed by atoms with E-state index in [0.29, 0.717) is 17.6 Å². The van der Waals surface area contributed by atoms with Gasteiger partial charge in [-0.1, -0.05) is 62.0 Å². The van der Waals surface area contributed by atoms with E-state index in [0.717, 1.165) is 51.4 Å². The molecule has 0 aromatic heterocycles. The molecule has 0 rings (SSSR count). The highest BCUT2D eigenvalue weighted by Gasteiger charge is 2.15. The van der Waals surface area contributed by atoms with E-state index < -0.39 is 13.9 Å². The molecular weight excluding hydrogens is 453 g/mol. The maximum Gasteiger partial charge on any atom is 0.268 e. The third-order valence-electron chi connectivity index (χ3n) is 4.63. The van der Waals surface area contributed by atoms with Crippen molar-refractivity contribution in [2.24, 2.45) is 0 Å². The van der Waals surface area contributed by atoms with Gasteiger partial charge in [-0.05, 0) is 44.9 Å². The summed E-state index contributed by atoms with van der Waals surface area (Å²) in [7, 11) is 1.41. The van der Waals surface area contributed by atoms with Crippen LogP contribution in [0.2, 0.25) is 0 Å². The summed E-state index contributed by atoms with van der Waals surface area (Å²) in [6, 6.07) is 0. The highest BCUT2D eigenvalue weighted by molar-refractivity contribution is 7.45. The van der Waals surface area contributed by atoms with E-state index in [1.54, 1.807) is 0 Å². The normalized spacial score (nSPS) is 15.8. The van der Waals surface area contributed by atoms with Gasteiger partial charge in [0.25, 0.3) is 7.82 Å². The molecule has 2 atom stereocenters. The molecule has 0 heterocycles. The zero-order valence-corrected chi connectivity index (χ0v) is 22.7. The van der Waals surface area contributed by atoms with E-state index >= 15 is 0 Å². The van der Waals surface area contributed by atoms with E-state index in [2.05, 4.69) is 55.5 Å². The summed E-state index contributed by atoms with van der Waals surface area (Å²) >= 11 is 0. The Morgan fingerprint density at radius 1 is 0.824 bits per heavy atom. The van der Waals surface area contributed by atoms with Gasteiger partial charge in [0.15, 0.2) is 0 Å². The molecule has 1 N–H and O–H groups in total. The van der Waals surface area contributed by atoms with Crippen LogP contribution in [0.4, 0.5) is 0 Å². The van der Waals surface area contributed by atoms with Gasteiger partial charge in [0.05, 0.1) is 34.4 Å². The number of hydrogen-bond acceptors (Lipinski definition) is 6. The van der Waals surface area contributed by atoms with Gasteiger partial charge in [-0.3, -0.25) is 4.57 Å². The van der Waals surface area contributed by atoms with E-state index in [9.17, 15) is 14.6 Å². The van der Waals surface area contributed by atoms with Crippen LogP contribution in [0, 0.1) is 0 Å². The second-order valence-corrected chi connectivity index (χ2v) is 10.6. The lowest BCUT2D eigenvalue weighted by Gasteiger charge is -2.27. The van der Waals surface area contributed by atoms with Crippen LogP contribution in [0.3, 0.4) is 0 Å². The average molecular weight is 502 g/mol. The molecule has 0 amide bonds. The molecule has 0 saturated heterocycles. The monoisotopic (exact) mass is 501 g/mol. The number of rotatable bonds is 22. The number of unbranched alkanes of at least 4 members (excludes halogenated alkanes) is 3. The van der Waals surface area contributed by atoms with E-state index in [1.165, 1.54) is 0 Å². The molecule has 0 aromatic rings. The second-order valence-electron chi connectivity index (χ2n) is 9.17. The van der Waals surface area contributed by atoms with Gasteiger partial charge in [0, 0.05) is 6.61 Å². The summed E-state index contributed by atoms with van der Waals surface area (Å²) in [5.41, 5.74) is 0. The molecule has 0 radical (unpaired) electrons. The summed E-state index contributed by atoms with van der Waals surface area (Å²) in [6.45, 7) is 2.91. The van der Waals surface area contributed by atoms with Crippen LogP contribution >= 0.6 is 7.82 Å². The van der Waals surface area contributed by atoms with Gasteiger partial charge in [-0.15, -0.1) is 0 Å². The van der Waals surface area contributed by atoms with Crippen molar-refractivity contribution in [1.29, 1.82) is 0 Å². The Hall–Kier alpha value is -1.05. The Kier molecular flexibility index (Phi) is 20.6. The Bertz CT molecular complexity index is 640. The van der Waals surface area contributed by atoms with Crippen LogP contribution in [0.1, 0.15) is 58.3 Å². The van der Waals surface area contributed by atoms with Crippen molar-refractivity contribution in [2.45, 2.75) is 64.4 Å². The van der Waals surface area contributed by atoms with Crippen LogP contribution < -0.4 is 4.89 Å². The third-order valence-corrected chi connectivity index (χ3v) is 5.59. The molecule has 0 aliphatic carbocycles. The van der Waals surface area contributed by atoms with Gasteiger partial charge in [0.1, 0.15) is 19.3 Å². The summed E-state index contributed by atoms with van der Waals surface area (Å²) in [5.74, 6) is 0. The van der Waals surface area contributed by atoms with Gasteiger partial charge in [-0.25, -0.2) is 0 Å². The molecule has 0 saturated carbocycles. The van der Waals surface area contributed by atoms with Crippen molar-refractivity contribution in [1.82, 2.24) is 0 Å². The lowest BCUT2D eigenvalue weighted by molar-refractivity contribution is -0.870. The number of hydrogen-bond donors (Lipinski definition) is 1. The topological polar surface area (TPSA) is 88.0 Å². The van der Waals surface area contributed by atoms with Crippen molar-refractivity contribution in [2.75, 3.05) is 54.1 Å². The zero-order chi connectivity index (χ0) is 25.5. The predicted molar refractivity (Wildman–Crippen MR) is 138 cm³/mol. The molecule has 34 heavy (non-hydrogen) atoms. The van der Waals surface area contributed by atoms with Crippen molar-refractivity contribution in [3.63, 3.8) is 0 Å². The van der Waals surface area contributed by atoms with E-state index in [-0.39, 0.29) is 19.8 Å². The lowest BCUT2D eigenvalue weighted by atomic mass is 10.2. The van der Waals surface area contributed by atoms with Gasteiger partial charge in [-0.2, -0.15) is 0 Å². The Labute approximate surface area is 208 Å². The molecule has 8 heteroatoms. The fraction of sp³-hybridized carbons (Fsp3) is 0.692. The van der Waals surface area contributed by atoms with Gasteiger partial charge < -0.3 is 28.3 Å². The molecule has 2 unspecified atom stereocenters. The molecule has 0 bridgehead atoms. The summed E-state index contributed by atoms with van der Waals surface area (Å²) < 4.78 is 27.2. The quantitative estimate of drug-likeness (QED) is 0.0979. The maximum absolute atomic E-state index is 11.7. The number of phosphoric acid groups is 1. The molecule has 198 valence electrons. The fourth-order valence-electron chi connectivity index (χ4n) is 2.65. The number of phosphoric ester groups is 1. The molecule has 0 aliphatic rings. The van der Waals surface area contributed by atoms with E-state index in [4.69, 9.17) is 13.8 Å². The minimum atomic E-state index is -4.40. The smallest absolute Gasteiger partial charge is 0.268 e. The van der Waals surface area contributed by atoms with Gasteiger partial charge in [0.2, 0.25) is 0 Å². The number of nitrogens with zero attached hydrogens (tertiary/aromatic N) is 1. The predicted octanol–water partition coefficient (Wildman–Crippen LogP) is 4.94. The maximum atomic E-state index is 11.7. The van der Waals surface area contributed by atoms with Crippen molar-refractivity contribution < 1.29 is 32.8 Å². The second kappa shape index (κ2) is 21.3. The molecule has 0 fully saturated rings. The lowest BCUT2D eigenvalue weighted by Crippen LogP contribution is -2.37. The standard InChI is InChI=1S/C26H48NO6P/c1-5-6-7-8-9-10-11-12-13-14-15-16-17-18-19-20-22-31-24-26(28)25-33-34(29,30)32-23-21-27(2,3)4/h6-7,9-10,12-13,15-16,26,28H,5,8,11,14,17-25H2,1-4H3/b7-6-,10-9-,13-12-,16-15-. The number of aliphatic hydroxyl groups is 1. The molecule has 0 spiro atoms. The van der Waals surface area contributed by atoms with Crippen LogP contribution in [0.5, 0.6) is 0 Å². The first kappa shape index (κ1) is 33.0. The Morgan fingerprint density at radius 3 is 2.00 bits per heavy atom. The SMILES string of the molecule is CC/C=C\C/C=C\C/C=C\C/C=C\CCCCCOCC(O)COP(=O)([O-])OCC[N+](C)(C)C. The summed E-state index contributed by atoms with van der Waals surface area (Å²) in [4.78, 5) is 11.7. The summed E-state index contributed by atoms with van der Waals surface area (Å²) in [6.07, 6.45) is 24.7. The van der Waals surface area contributed by atoms with Gasteiger partial charge >= 0.3 is 0 Å². The van der Waals surface area contributed by atoms with Crippen molar-refractivity contribution in [3.8, 4) is 0 Å². The largest absolute Gasteiger partial charge is 0.756 e. The summed E-state index contributed by atoms with van der Waals surface area (Å²) in [5, 5.41) is 9.81. The first-order valence-corrected chi connectivity index (χ1v) is 13.9. The molecule has 7 nitrogen and oxygen atoms in total. The van der Waals surface area contributed by atoms with Crippen LogP contribution in [0.25, 0.3) is 0 Å². The van der Waals surface area contributed by atoms with Crippen LogP contribution in [0.15, 0.2) is 48.6 Å². The number of quaternary nitrogens is 1. The highest BCUT2D eigenvalue weighted by Crippen LogP contribution is 2.38. The number of aliphatic hydroxyl groups excluding tert-OH is 1. The van der Waals surface area contributed by atoms with E-state index in [1.807, 2.05) is 21.1 Å². The number of ether oxygens (including phenoxy) is 1. The molecular formula is C26H48NO6P. The van der Waals surface area contributed by atoms with Crippen LogP contribution in [-0.2, 0) is 18.3 Å². The molecule has 0 aliphatic heterocycles. The minimum Gasteiger partial charge on any atom is -0.756 e. The first-order chi connectivity index (χ1) is 16.2. The van der Waals surface area contributed by atoms with Crippen molar-refractivity contribution >= 4 is 7.82 Å². The average Bonchev–Trinajstić information content (AvgIpc) is 2.76. The van der Waals surface area contributed by atoms with Crippen molar-refractivity contribution in [3.05, 3.63) is 48.6 Å². The fourth-order valence-corrected chi connectivity index (χ4v) is 3.38. The molecule has 0 aromatic carbocycles. The Morgan fingerprint density at radius 2 is 1.41 bits per heavy atom. The Balaban J connectivity index is 3.58. The third kappa shape index (κ3) is 25.6. The number of allylic oxidation sites excluding steroid dienone is 8. The zero-order valence-electron chi connectivity index (χ0n) is 21.8. The van der Waals surface area contributed by atoms with Crippen LogP contribution in [-0.4, -0.2) is 69.8 Å². The first-order valence-electron chi connectivity index (χ1n) is 12.4.